The summed E-state index contributed by atoms with van der Waals surface area (Å²) in [5.41, 5.74) is -0.0869. The maximum absolute atomic E-state index is 14.0. The lowest BCUT2D eigenvalue weighted by Crippen LogP contribution is -2.32. The predicted molar refractivity (Wildman–Crippen MR) is 134 cm³/mol. The number of fused-ring (bicyclic) bond motifs is 1. The molecule has 2 aliphatic heterocycles. The van der Waals surface area contributed by atoms with Gasteiger partial charge in [-0.05, 0) is 68.7 Å². The number of H-pyrrole nitrogens is 1. The van der Waals surface area contributed by atoms with E-state index in [-0.39, 0.29) is 33.6 Å². The summed E-state index contributed by atoms with van der Waals surface area (Å²) in [4.78, 5) is 35.7. The Morgan fingerprint density at radius 3 is 2.59 bits per heavy atom. The molecule has 2 saturated heterocycles. The zero-order chi connectivity index (χ0) is 26.5. The Balaban J connectivity index is 1.40. The van der Waals surface area contributed by atoms with Gasteiger partial charge in [-0.25, -0.2) is 4.98 Å². The molecule has 5 rings (SSSR count). The molecule has 7 nitrogen and oxygen atoms in total. The van der Waals surface area contributed by atoms with Crippen molar-refractivity contribution < 1.29 is 22.7 Å². The van der Waals surface area contributed by atoms with Gasteiger partial charge in [0, 0.05) is 43.4 Å². The molecule has 1 amide bonds. The third-order valence-corrected chi connectivity index (χ3v) is 7.76. The molecule has 37 heavy (non-hydrogen) atoms. The number of rotatable bonds is 4. The molecule has 3 aromatic rings. The molecule has 196 valence electrons. The first-order chi connectivity index (χ1) is 17.5. The number of aryl methyl sites for hydroxylation is 1. The second kappa shape index (κ2) is 9.16. The number of benzene rings is 2. The highest BCUT2D eigenvalue weighted by atomic mass is 19.4. The number of hydrogen-bond acceptors (Lipinski definition) is 5. The number of aromatic nitrogens is 2. The van der Waals surface area contributed by atoms with Crippen molar-refractivity contribution in [3.63, 3.8) is 0 Å². The van der Waals surface area contributed by atoms with Gasteiger partial charge in [0.1, 0.15) is 5.82 Å². The minimum absolute atomic E-state index is 0.00269. The number of nitrogens with zero attached hydrogens (tertiary/aromatic N) is 3. The molecule has 2 aromatic carbocycles. The predicted octanol–water partition coefficient (Wildman–Crippen LogP) is 4.70. The number of anilines is 1. The van der Waals surface area contributed by atoms with Crippen LogP contribution in [-0.2, 0) is 10.9 Å². The van der Waals surface area contributed by atoms with Crippen molar-refractivity contribution in [3.05, 3.63) is 69.3 Å². The summed E-state index contributed by atoms with van der Waals surface area (Å²) in [6.07, 6.45) is -2.72. The van der Waals surface area contributed by atoms with Crippen LogP contribution in [0.4, 0.5) is 18.9 Å². The maximum atomic E-state index is 14.0. The third kappa shape index (κ3) is 4.70. The summed E-state index contributed by atoms with van der Waals surface area (Å²) >= 11 is 0. The molecular weight excluding hydrogens is 485 g/mol. The number of aromatic amines is 1. The topological polar surface area (TPSA) is 78.5 Å². The monoisotopic (exact) mass is 514 g/mol. The van der Waals surface area contributed by atoms with E-state index >= 15 is 0 Å². The minimum Gasteiger partial charge on any atom is -0.381 e. The number of likely N-dealkylation sites (tertiary alicyclic amines) is 1. The number of nitrogens with one attached hydrogen (secondary N) is 1. The fraction of sp³-hybridized carbons (Fsp3) is 0.444. The molecule has 1 aromatic heterocycles. The van der Waals surface area contributed by atoms with Crippen LogP contribution in [0.25, 0.3) is 10.9 Å². The Morgan fingerprint density at radius 1 is 1.22 bits per heavy atom. The van der Waals surface area contributed by atoms with Crippen molar-refractivity contribution in [1.82, 2.24) is 14.9 Å². The first kappa shape index (κ1) is 25.3. The molecule has 0 radical (unpaired) electrons. The van der Waals surface area contributed by atoms with Crippen molar-refractivity contribution in [1.29, 1.82) is 0 Å². The van der Waals surface area contributed by atoms with Crippen LogP contribution in [0.15, 0.2) is 41.2 Å². The first-order valence-corrected chi connectivity index (χ1v) is 12.3. The van der Waals surface area contributed by atoms with E-state index in [9.17, 15) is 22.8 Å². The Labute approximate surface area is 212 Å². The SMILES string of the molecule is Cc1nc2cc(C(F)(F)F)c([C@H](C)N(C)c3ccc(C(=O)N4CCC5(CCOC5)C4)cc3)cc2c(=O)[nH]1. The number of halogens is 3. The standard InChI is InChI=1S/C27H29F3N4O3/c1-16(20-12-21-23(13-22(20)27(28,29)30)31-17(2)32-24(21)35)33(3)19-6-4-18(5-7-19)25(36)34-10-8-26(14-34)9-11-37-15-26/h4-7,12-13,16H,8-11,14-15H2,1-3H3,(H,31,32,35)/t16-,26?/m0/s1. The molecule has 0 saturated carbocycles. The highest BCUT2D eigenvalue weighted by molar-refractivity contribution is 5.94. The minimum atomic E-state index is -4.62. The van der Waals surface area contributed by atoms with E-state index in [0.717, 1.165) is 25.5 Å². The van der Waals surface area contributed by atoms with Crippen molar-refractivity contribution in [3.8, 4) is 0 Å². The van der Waals surface area contributed by atoms with Gasteiger partial charge >= 0.3 is 6.18 Å². The number of carbonyl (C=O) groups excluding carboxylic acids is 1. The van der Waals surface area contributed by atoms with E-state index in [0.29, 0.717) is 30.9 Å². The number of carbonyl (C=O) groups is 1. The Morgan fingerprint density at radius 2 is 1.95 bits per heavy atom. The zero-order valence-electron chi connectivity index (χ0n) is 21.0. The van der Waals surface area contributed by atoms with E-state index in [4.69, 9.17) is 4.74 Å². The van der Waals surface area contributed by atoms with Gasteiger partial charge in [-0.3, -0.25) is 9.59 Å². The van der Waals surface area contributed by atoms with Crippen LogP contribution >= 0.6 is 0 Å². The van der Waals surface area contributed by atoms with E-state index < -0.39 is 23.3 Å². The van der Waals surface area contributed by atoms with Gasteiger partial charge in [0.15, 0.2) is 0 Å². The average Bonchev–Trinajstić information content (AvgIpc) is 3.51. The van der Waals surface area contributed by atoms with Crippen LogP contribution < -0.4 is 10.5 Å². The van der Waals surface area contributed by atoms with E-state index in [1.807, 2.05) is 4.90 Å². The van der Waals surface area contributed by atoms with Crippen molar-refractivity contribution in [2.24, 2.45) is 5.41 Å². The van der Waals surface area contributed by atoms with Gasteiger partial charge in [-0.1, -0.05) is 0 Å². The molecule has 2 atom stereocenters. The maximum Gasteiger partial charge on any atom is 0.416 e. The molecule has 0 bridgehead atoms. The van der Waals surface area contributed by atoms with Gasteiger partial charge in [0.05, 0.1) is 29.1 Å². The second-order valence-electron chi connectivity index (χ2n) is 10.2. The molecule has 0 aliphatic carbocycles. The number of ether oxygens (including phenoxy) is 1. The molecule has 2 fully saturated rings. The van der Waals surface area contributed by atoms with Gasteiger partial charge in [-0.2, -0.15) is 13.2 Å². The fourth-order valence-electron chi connectivity index (χ4n) is 5.44. The van der Waals surface area contributed by atoms with Crippen LogP contribution in [-0.4, -0.2) is 54.1 Å². The molecule has 1 spiro atoms. The Bertz CT molecular complexity index is 1400. The summed E-state index contributed by atoms with van der Waals surface area (Å²) in [6, 6.07) is 8.39. The van der Waals surface area contributed by atoms with Crippen molar-refractivity contribution in [2.75, 3.05) is 38.3 Å². The van der Waals surface area contributed by atoms with Gasteiger partial charge < -0.3 is 19.5 Å². The van der Waals surface area contributed by atoms with Crippen LogP contribution in [0.5, 0.6) is 0 Å². The Kier molecular flexibility index (Phi) is 6.26. The fourth-order valence-corrected chi connectivity index (χ4v) is 5.44. The van der Waals surface area contributed by atoms with Gasteiger partial charge in [0.25, 0.3) is 11.5 Å². The molecule has 1 unspecified atom stereocenters. The zero-order valence-corrected chi connectivity index (χ0v) is 21.0. The molecule has 10 heteroatoms. The number of alkyl halides is 3. The van der Waals surface area contributed by atoms with Crippen molar-refractivity contribution >= 4 is 22.5 Å². The highest BCUT2D eigenvalue weighted by Gasteiger charge is 2.43. The van der Waals surface area contributed by atoms with Gasteiger partial charge in [0.2, 0.25) is 0 Å². The molecule has 3 heterocycles. The normalized spacial score (nSPS) is 20.6. The molecule has 1 N–H and O–H groups in total. The largest absolute Gasteiger partial charge is 0.416 e. The smallest absolute Gasteiger partial charge is 0.381 e. The van der Waals surface area contributed by atoms with E-state index in [2.05, 4.69) is 9.97 Å². The summed E-state index contributed by atoms with van der Waals surface area (Å²) in [5.74, 6) is 0.195. The Hall–Kier alpha value is -3.40. The van der Waals surface area contributed by atoms with Crippen molar-refractivity contribution in [2.45, 2.75) is 38.9 Å². The van der Waals surface area contributed by atoms with Crippen LogP contribution in [0, 0.1) is 12.3 Å². The van der Waals surface area contributed by atoms with E-state index in [1.54, 1.807) is 43.1 Å². The lowest BCUT2D eigenvalue weighted by atomic mass is 9.87. The second-order valence-corrected chi connectivity index (χ2v) is 10.2. The van der Waals surface area contributed by atoms with Crippen LogP contribution in [0.1, 0.15) is 53.1 Å². The lowest BCUT2D eigenvalue weighted by Gasteiger charge is -2.30. The number of amides is 1. The highest BCUT2D eigenvalue weighted by Crippen LogP contribution is 2.40. The number of hydrogen-bond donors (Lipinski definition) is 1. The molecular formula is C27H29F3N4O3. The van der Waals surface area contributed by atoms with Gasteiger partial charge in [-0.15, -0.1) is 0 Å². The summed E-state index contributed by atoms with van der Waals surface area (Å²) in [7, 11) is 1.69. The molecule has 2 aliphatic rings. The summed E-state index contributed by atoms with van der Waals surface area (Å²) < 4.78 is 47.6. The first-order valence-electron chi connectivity index (χ1n) is 12.3. The van der Waals surface area contributed by atoms with Crippen LogP contribution in [0.2, 0.25) is 0 Å². The van der Waals surface area contributed by atoms with Crippen LogP contribution in [0.3, 0.4) is 0 Å². The third-order valence-electron chi connectivity index (χ3n) is 7.76. The summed E-state index contributed by atoms with van der Waals surface area (Å²) in [5, 5.41) is 0.103. The summed E-state index contributed by atoms with van der Waals surface area (Å²) in [6.45, 7) is 5.97. The van der Waals surface area contributed by atoms with E-state index in [1.165, 1.54) is 13.0 Å². The average molecular weight is 515 g/mol. The lowest BCUT2D eigenvalue weighted by molar-refractivity contribution is -0.138. The quantitative estimate of drug-likeness (QED) is 0.546.